The summed E-state index contributed by atoms with van der Waals surface area (Å²) >= 11 is 0. The highest BCUT2D eigenvalue weighted by molar-refractivity contribution is 5.64. The summed E-state index contributed by atoms with van der Waals surface area (Å²) in [5.41, 5.74) is 9.22. The van der Waals surface area contributed by atoms with Gasteiger partial charge in [-0.15, -0.1) is 0 Å². The number of nitrogen functional groups attached to an aromatic ring is 1. The van der Waals surface area contributed by atoms with Crippen LogP contribution in [0.15, 0.2) is 18.2 Å². The zero-order valence-electron chi connectivity index (χ0n) is 8.74. The van der Waals surface area contributed by atoms with Gasteiger partial charge in [-0.05, 0) is 30.5 Å². The maximum Gasteiger partial charge on any atom is 0.0622 e. The van der Waals surface area contributed by atoms with Crippen molar-refractivity contribution >= 4 is 11.4 Å². The predicted octanol–water partition coefficient (Wildman–Crippen LogP) is 1.94. The Morgan fingerprint density at radius 1 is 1.47 bits per heavy atom. The van der Waals surface area contributed by atoms with Crippen LogP contribution in [0.2, 0.25) is 0 Å². The van der Waals surface area contributed by atoms with Gasteiger partial charge in [0.05, 0.1) is 6.07 Å². The van der Waals surface area contributed by atoms with Gasteiger partial charge in [0.2, 0.25) is 0 Å². The van der Waals surface area contributed by atoms with Crippen LogP contribution in [0, 0.1) is 11.3 Å². The molecule has 0 radical (unpaired) electrons. The lowest BCUT2D eigenvalue weighted by molar-refractivity contribution is 0.766. The highest BCUT2D eigenvalue weighted by Crippen LogP contribution is 2.29. The number of nitrogens with zero attached hydrogens (tertiary/aromatic N) is 2. The fourth-order valence-corrected chi connectivity index (χ4v) is 2.04. The second kappa shape index (κ2) is 4.22. The van der Waals surface area contributed by atoms with Gasteiger partial charge >= 0.3 is 0 Å². The first-order valence-electron chi connectivity index (χ1n) is 5.31. The number of fused-ring (bicyclic) bond motifs is 1. The van der Waals surface area contributed by atoms with Gasteiger partial charge in [-0.2, -0.15) is 5.26 Å². The van der Waals surface area contributed by atoms with Crippen LogP contribution in [0.5, 0.6) is 0 Å². The van der Waals surface area contributed by atoms with E-state index < -0.39 is 0 Å². The Hall–Kier alpha value is -1.69. The van der Waals surface area contributed by atoms with Crippen LogP contribution in [0.3, 0.4) is 0 Å². The SMILES string of the molecule is N#CCCCN1CCc2ccc(N)cc21. The van der Waals surface area contributed by atoms with E-state index in [1.54, 1.807) is 0 Å². The van der Waals surface area contributed by atoms with Crippen molar-refractivity contribution in [3.05, 3.63) is 23.8 Å². The summed E-state index contributed by atoms with van der Waals surface area (Å²) in [5.74, 6) is 0. The number of hydrogen-bond donors (Lipinski definition) is 1. The van der Waals surface area contributed by atoms with Crippen molar-refractivity contribution in [3.8, 4) is 6.07 Å². The highest BCUT2D eigenvalue weighted by Gasteiger charge is 2.18. The third-order valence-corrected chi connectivity index (χ3v) is 2.82. The standard InChI is InChI=1S/C12H15N3/c13-6-1-2-7-15-8-5-10-3-4-11(14)9-12(10)15/h3-4,9H,1-2,5,7-8,14H2. The molecule has 3 nitrogen and oxygen atoms in total. The number of hydrogen-bond acceptors (Lipinski definition) is 3. The van der Waals surface area contributed by atoms with Gasteiger partial charge in [-0.1, -0.05) is 6.07 Å². The molecule has 1 heterocycles. The van der Waals surface area contributed by atoms with E-state index in [9.17, 15) is 0 Å². The first-order valence-corrected chi connectivity index (χ1v) is 5.31. The van der Waals surface area contributed by atoms with Crippen LogP contribution >= 0.6 is 0 Å². The van der Waals surface area contributed by atoms with Crippen molar-refractivity contribution in [2.24, 2.45) is 0 Å². The summed E-state index contributed by atoms with van der Waals surface area (Å²) in [5, 5.41) is 8.49. The van der Waals surface area contributed by atoms with Crippen LogP contribution in [0.1, 0.15) is 18.4 Å². The molecule has 0 aromatic heterocycles. The molecule has 78 valence electrons. The second-order valence-electron chi connectivity index (χ2n) is 3.89. The molecule has 0 saturated heterocycles. The lowest BCUT2D eigenvalue weighted by atomic mass is 10.1. The quantitative estimate of drug-likeness (QED) is 0.600. The van der Waals surface area contributed by atoms with E-state index in [2.05, 4.69) is 17.0 Å². The monoisotopic (exact) mass is 201 g/mol. The molecule has 0 unspecified atom stereocenters. The van der Waals surface area contributed by atoms with Gasteiger partial charge in [-0.3, -0.25) is 0 Å². The molecular weight excluding hydrogens is 186 g/mol. The van der Waals surface area contributed by atoms with Gasteiger partial charge in [0.25, 0.3) is 0 Å². The number of unbranched alkanes of at least 4 members (excludes halogenated alkanes) is 1. The van der Waals surface area contributed by atoms with Crippen molar-refractivity contribution in [2.75, 3.05) is 23.7 Å². The Balaban J connectivity index is 2.07. The Morgan fingerprint density at radius 3 is 3.13 bits per heavy atom. The van der Waals surface area contributed by atoms with Crippen molar-refractivity contribution in [2.45, 2.75) is 19.3 Å². The number of anilines is 2. The molecule has 1 aromatic carbocycles. The van der Waals surface area contributed by atoms with Gasteiger partial charge in [0.1, 0.15) is 0 Å². The van der Waals surface area contributed by atoms with E-state index in [-0.39, 0.29) is 0 Å². The molecule has 1 aliphatic heterocycles. The van der Waals surface area contributed by atoms with E-state index in [4.69, 9.17) is 11.0 Å². The summed E-state index contributed by atoms with van der Waals surface area (Å²) in [6, 6.07) is 8.27. The molecule has 15 heavy (non-hydrogen) atoms. The largest absolute Gasteiger partial charge is 0.399 e. The zero-order chi connectivity index (χ0) is 10.7. The number of nitrogens with two attached hydrogens (primary N) is 1. The lowest BCUT2D eigenvalue weighted by Crippen LogP contribution is -2.21. The van der Waals surface area contributed by atoms with Crippen LogP contribution in [-0.2, 0) is 6.42 Å². The van der Waals surface area contributed by atoms with Crippen LogP contribution in [-0.4, -0.2) is 13.1 Å². The molecule has 0 atom stereocenters. The molecular formula is C12H15N3. The van der Waals surface area contributed by atoms with Gasteiger partial charge < -0.3 is 10.6 Å². The maximum absolute atomic E-state index is 8.49. The first-order chi connectivity index (χ1) is 7.31. The molecule has 3 heteroatoms. The molecule has 0 spiro atoms. The average Bonchev–Trinajstić information content (AvgIpc) is 2.62. The second-order valence-corrected chi connectivity index (χ2v) is 3.89. The molecule has 0 aliphatic carbocycles. The molecule has 0 amide bonds. The minimum absolute atomic E-state index is 0.633. The Kier molecular flexibility index (Phi) is 2.77. The summed E-state index contributed by atoms with van der Waals surface area (Å²) in [4.78, 5) is 2.32. The predicted molar refractivity (Wildman–Crippen MR) is 61.6 cm³/mol. The zero-order valence-corrected chi connectivity index (χ0v) is 8.74. The van der Waals surface area contributed by atoms with Gasteiger partial charge in [-0.25, -0.2) is 0 Å². The van der Waals surface area contributed by atoms with Crippen molar-refractivity contribution in [1.29, 1.82) is 5.26 Å². The number of nitriles is 1. The number of rotatable bonds is 3. The van der Waals surface area contributed by atoms with E-state index in [0.717, 1.165) is 31.6 Å². The lowest BCUT2D eigenvalue weighted by Gasteiger charge is -2.18. The van der Waals surface area contributed by atoms with E-state index in [1.807, 2.05) is 12.1 Å². The topological polar surface area (TPSA) is 53.0 Å². The Bertz CT molecular complexity index is 392. The first kappa shape index (κ1) is 9.85. The molecule has 2 rings (SSSR count). The maximum atomic E-state index is 8.49. The van der Waals surface area contributed by atoms with Crippen LogP contribution < -0.4 is 10.6 Å². The number of benzene rings is 1. The van der Waals surface area contributed by atoms with E-state index in [0.29, 0.717) is 6.42 Å². The van der Waals surface area contributed by atoms with Crippen molar-refractivity contribution < 1.29 is 0 Å². The molecule has 0 fully saturated rings. The van der Waals surface area contributed by atoms with E-state index in [1.165, 1.54) is 11.3 Å². The smallest absolute Gasteiger partial charge is 0.0622 e. The third-order valence-electron chi connectivity index (χ3n) is 2.82. The minimum atomic E-state index is 0.633. The van der Waals surface area contributed by atoms with Crippen molar-refractivity contribution in [1.82, 2.24) is 0 Å². The summed E-state index contributed by atoms with van der Waals surface area (Å²) in [6.45, 7) is 2.02. The highest BCUT2D eigenvalue weighted by atomic mass is 15.1. The Morgan fingerprint density at radius 2 is 2.33 bits per heavy atom. The third kappa shape index (κ3) is 2.04. The van der Waals surface area contributed by atoms with E-state index >= 15 is 0 Å². The van der Waals surface area contributed by atoms with Gasteiger partial charge in [0, 0.05) is 30.9 Å². The molecule has 2 N–H and O–H groups in total. The van der Waals surface area contributed by atoms with Crippen LogP contribution in [0.4, 0.5) is 11.4 Å². The minimum Gasteiger partial charge on any atom is -0.399 e. The van der Waals surface area contributed by atoms with Crippen molar-refractivity contribution in [3.63, 3.8) is 0 Å². The fourth-order valence-electron chi connectivity index (χ4n) is 2.04. The molecule has 0 saturated carbocycles. The molecule has 1 aromatic rings. The fraction of sp³-hybridized carbons (Fsp3) is 0.417. The average molecular weight is 201 g/mol. The normalized spacial score (nSPS) is 13.7. The Labute approximate surface area is 90.1 Å². The molecule has 0 bridgehead atoms. The van der Waals surface area contributed by atoms with Crippen LogP contribution in [0.25, 0.3) is 0 Å². The van der Waals surface area contributed by atoms with Gasteiger partial charge in [0.15, 0.2) is 0 Å². The summed E-state index contributed by atoms with van der Waals surface area (Å²) in [7, 11) is 0. The summed E-state index contributed by atoms with van der Waals surface area (Å²) in [6.07, 6.45) is 2.67. The summed E-state index contributed by atoms with van der Waals surface area (Å²) < 4.78 is 0. The molecule has 1 aliphatic rings.